The van der Waals surface area contributed by atoms with Crippen molar-refractivity contribution in [1.29, 1.82) is 5.26 Å². The van der Waals surface area contributed by atoms with Gasteiger partial charge in [-0.25, -0.2) is 4.79 Å². The van der Waals surface area contributed by atoms with E-state index < -0.39 is 0 Å². The molecule has 1 aromatic heterocycles. The van der Waals surface area contributed by atoms with Crippen molar-refractivity contribution in [2.24, 2.45) is 5.41 Å². The van der Waals surface area contributed by atoms with E-state index >= 15 is 0 Å². The molecule has 5 nitrogen and oxygen atoms in total. The standard InChI is InChI=1S/C15H23N3O2/c1-4-9-17-11-7-13(19)18(14(17)20)10-6-5-8-15(2,3)12-16/h7,11H,4-6,8-10H2,1-3H3. The highest BCUT2D eigenvalue weighted by atomic mass is 16.2. The largest absolute Gasteiger partial charge is 0.330 e. The van der Waals surface area contributed by atoms with E-state index in [1.165, 1.54) is 10.6 Å². The van der Waals surface area contributed by atoms with Gasteiger partial charge in [0.05, 0.1) is 11.5 Å². The fourth-order valence-corrected chi connectivity index (χ4v) is 2.07. The van der Waals surface area contributed by atoms with Gasteiger partial charge in [-0.05, 0) is 33.1 Å². The molecule has 0 saturated carbocycles. The van der Waals surface area contributed by atoms with Crippen molar-refractivity contribution in [3.63, 3.8) is 0 Å². The van der Waals surface area contributed by atoms with Crippen molar-refractivity contribution in [3.8, 4) is 6.07 Å². The normalized spacial score (nSPS) is 11.3. The maximum atomic E-state index is 12.1. The first-order chi connectivity index (χ1) is 9.41. The maximum absolute atomic E-state index is 12.1. The number of nitrogens with zero attached hydrogens (tertiary/aromatic N) is 3. The Bertz CT molecular complexity index is 590. The summed E-state index contributed by atoms with van der Waals surface area (Å²) in [6.07, 6.45) is 4.75. The highest BCUT2D eigenvalue weighted by Gasteiger charge is 2.15. The van der Waals surface area contributed by atoms with Gasteiger partial charge in [-0.15, -0.1) is 0 Å². The van der Waals surface area contributed by atoms with E-state index in [0.29, 0.717) is 13.1 Å². The second-order valence-corrected chi connectivity index (χ2v) is 5.73. The van der Waals surface area contributed by atoms with Gasteiger partial charge in [0, 0.05) is 25.4 Å². The minimum absolute atomic E-state index is 0.237. The minimum atomic E-state index is -0.343. The lowest BCUT2D eigenvalue weighted by molar-refractivity contribution is 0.410. The molecule has 0 saturated heterocycles. The van der Waals surface area contributed by atoms with Crippen molar-refractivity contribution >= 4 is 0 Å². The van der Waals surface area contributed by atoms with E-state index in [1.54, 1.807) is 10.8 Å². The summed E-state index contributed by atoms with van der Waals surface area (Å²) in [5.41, 5.74) is -0.829. The van der Waals surface area contributed by atoms with E-state index in [2.05, 4.69) is 6.07 Å². The van der Waals surface area contributed by atoms with Crippen LogP contribution in [0.5, 0.6) is 0 Å². The molecule has 1 aromatic rings. The lowest BCUT2D eigenvalue weighted by Gasteiger charge is -2.14. The van der Waals surface area contributed by atoms with E-state index in [4.69, 9.17) is 5.26 Å². The molecule has 0 aliphatic heterocycles. The number of rotatable bonds is 7. The van der Waals surface area contributed by atoms with Crippen molar-refractivity contribution in [1.82, 2.24) is 9.13 Å². The van der Waals surface area contributed by atoms with Crippen LogP contribution < -0.4 is 11.2 Å². The van der Waals surface area contributed by atoms with E-state index in [9.17, 15) is 9.59 Å². The summed E-state index contributed by atoms with van der Waals surface area (Å²) in [6.45, 7) is 6.84. The molecule has 0 unspecified atom stereocenters. The van der Waals surface area contributed by atoms with Crippen LogP contribution in [-0.4, -0.2) is 9.13 Å². The first-order valence-corrected chi connectivity index (χ1v) is 7.13. The molecule has 110 valence electrons. The Morgan fingerprint density at radius 1 is 1.25 bits per heavy atom. The number of hydrogen-bond acceptors (Lipinski definition) is 3. The molecule has 1 heterocycles. The van der Waals surface area contributed by atoms with Gasteiger partial charge in [0.15, 0.2) is 0 Å². The Morgan fingerprint density at radius 3 is 2.55 bits per heavy atom. The molecular weight excluding hydrogens is 254 g/mol. The van der Waals surface area contributed by atoms with Gasteiger partial charge < -0.3 is 4.57 Å². The van der Waals surface area contributed by atoms with E-state index in [0.717, 1.165) is 25.7 Å². The zero-order valence-corrected chi connectivity index (χ0v) is 12.6. The summed E-state index contributed by atoms with van der Waals surface area (Å²) in [5, 5.41) is 8.94. The zero-order chi connectivity index (χ0) is 15.2. The van der Waals surface area contributed by atoms with Gasteiger partial charge in [0.1, 0.15) is 0 Å². The Labute approximate surface area is 119 Å². The van der Waals surface area contributed by atoms with E-state index in [1.807, 2.05) is 20.8 Å². The monoisotopic (exact) mass is 277 g/mol. The number of unbranched alkanes of at least 4 members (excludes halogenated alkanes) is 1. The fraction of sp³-hybridized carbons (Fsp3) is 0.667. The molecule has 0 radical (unpaired) electrons. The van der Waals surface area contributed by atoms with Crippen LogP contribution >= 0.6 is 0 Å². The lowest BCUT2D eigenvalue weighted by atomic mass is 9.89. The van der Waals surface area contributed by atoms with Gasteiger partial charge >= 0.3 is 5.69 Å². The topological polar surface area (TPSA) is 67.8 Å². The zero-order valence-electron chi connectivity index (χ0n) is 12.6. The van der Waals surface area contributed by atoms with Gasteiger partial charge in [-0.1, -0.05) is 13.3 Å². The van der Waals surface area contributed by atoms with Crippen LogP contribution in [-0.2, 0) is 13.1 Å². The second-order valence-electron chi connectivity index (χ2n) is 5.73. The molecule has 0 aliphatic carbocycles. The van der Waals surface area contributed by atoms with Crippen LogP contribution in [0.3, 0.4) is 0 Å². The number of aromatic nitrogens is 2. The van der Waals surface area contributed by atoms with Crippen molar-refractivity contribution in [2.45, 2.75) is 59.5 Å². The Hall–Kier alpha value is -1.83. The Balaban J connectivity index is 2.69. The molecule has 0 spiro atoms. The lowest BCUT2D eigenvalue weighted by Crippen LogP contribution is -2.39. The first kappa shape index (κ1) is 16.2. The third-order valence-corrected chi connectivity index (χ3v) is 3.34. The Morgan fingerprint density at radius 2 is 1.95 bits per heavy atom. The van der Waals surface area contributed by atoms with Gasteiger partial charge in [0.2, 0.25) is 0 Å². The van der Waals surface area contributed by atoms with Crippen LogP contribution in [0.25, 0.3) is 0 Å². The predicted molar refractivity (Wildman–Crippen MR) is 78.5 cm³/mol. The summed E-state index contributed by atoms with van der Waals surface area (Å²) >= 11 is 0. The average Bonchev–Trinajstić information content (AvgIpc) is 2.41. The number of hydrogen-bond donors (Lipinski definition) is 0. The number of aryl methyl sites for hydroxylation is 1. The van der Waals surface area contributed by atoms with Crippen LogP contribution in [0, 0.1) is 16.7 Å². The van der Waals surface area contributed by atoms with Crippen molar-refractivity contribution in [2.75, 3.05) is 0 Å². The summed E-state index contributed by atoms with van der Waals surface area (Å²) in [5.74, 6) is 0. The molecule has 0 aliphatic rings. The predicted octanol–water partition coefficient (Wildman–Crippen LogP) is 2.14. The smallest absolute Gasteiger partial charge is 0.300 e. The SMILES string of the molecule is CCCn1ccc(=O)n(CCCCC(C)(C)C#N)c1=O. The molecule has 0 fully saturated rings. The minimum Gasteiger partial charge on any atom is -0.300 e. The van der Waals surface area contributed by atoms with Crippen LogP contribution in [0.1, 0.15) is 46.5 Å². The first-order valence-electron chi connectivity index (χ1n) is 7.13. The summed E-state index contributed by atoms with van der Waals surface area (Å²) < 4.78 is 2.86. The third-order valence-electron chi connectivity index (χ3n) is 3.34. The van der Waals surface area contributed by atoms with E-state index in [-0.39, 0.29) is 16.7 Å². The molecule has 0 N–H and O–H groups in total. The van der Waals surface area contributed by atoms with Crippen molar-refractivity contribution < 1.29 is 0 Å². The molecular formula is C15H23N3O2. The van der Waals surface area contributed by atoms with Gasteiger partial charge in [-0.3, -0.25) is 9.36 Å². The maximum Gasteiger partial charge on any atom is 0.330 e. The molecule has 5 heteroatoms. The quantitative estimate of drug-likeness (QED) is 0.717. The highest BCUT2D eigenvalue weighted by Crippen LogP contribution is 2.21. The van der Waals surface area contributed by atoms with Crippen LogP contribution in [0.2, 0.25) is 0 Å². The average molecular weight is 277 g/mol. The summed E-state index contributed by atoms with van der Waals surface area (Å²) in [6, 6.07) is 3.69. The summed E-state index contributed by atoms with van der Waals surface area (Å²) in [4.78, 5) is 23.8. The molecule has 1 rings (SSSR count). The molecule has 0 bridgehead atoms. The fourth-order valence-electron chi connectivity index (χ4n) is 2.07. The summed E-state index contributed by atoms with van der Waals surface area (Å²) in [7, 11) is 0. The highest BCUT2D eigenvalue weighted by molar-refractivity contribution is 4.91. The third kappa shape index (κ3) is 4.37. The number of nitriles is 1. The molecule has 0 amide bonds. The van der Waals surface area contributed by atoms with Crippen LogP contribution in [0.15, 0.2) is 21.9 Å². The van der Waals surface area contributed by atoms with Gasteiger partial charge in [-0.2, -0.15) is 5.26 Å². The molecule has 20 heavy (non-hydrogen) atoms. The Kier molecular flexibility index (Phi) is 5.75. The van der Waals surface area contributed by atoms with Crippen molar-refractivity contribution in [3.05, 3.63) is 33.1 Å². The molecule has 0 atom stereocenters. The van der Waals surface area contributed by atoms with Gasteiger partial charge in [0.25, 0.3) is 5.56 Å². The van der Waals surface area contributed by atoms with Crippen LogP contribution in [0.4, 0.5) is 0 Å². The second kappa shape index (κ2) is 7.09. The molecule has 0 aromatic carbocycles.